The van der Waals surface area contributed by atoms with Gasteiger partial charge in [0.25, 0.3) is 0 Å². The minimum absolute atomic E-state index is 0.509. The number of carbonyl (C=O) groups excluding carboxylic acids is 2. The van der Waals surface area contributed by atoms with Crippen LogP contribution in [-0.4, -0.2) is 39.5 Å². The van der Waals surface area contributed by atoms with E-state index in [1.54, 1.807) is 0 Å². The molecule has 0 amide bonds. The number of hydroxylamine groups is 2. The lowest BCUT2D eigenvalue weighted by molar-refractivity contribution is -0.135. The molecular weight excluding hydrogens is 254 g/mol. The Labute approximate surface area is 108 Å². The van der Waals surface area contributed by atoms with E-state index in [0.717, 1.165) is 0 Å². The van der Waals surface area contributed by atoms with Gasteiger partial charge in [-0.3, -0.25) is 0 Å². The minimum atomic E-state index is -1.87. The largest absolute Gasteiger partial charge is 0.466 e. The Balaban J connectivity index is 4.72. The number of nitrogens with zero attached hydrogens (tertiary/aromatic N) is 1. The molecular formula is C11H19NO5Si. The first-order valence-electron chi connectivity index (χ1n) is 5.28. The quantitative estimate of drug-likeness (QED) is 0.316. The summed E-state index contributed by atoms with van der Waals surface area (Å²) >= 11 is 0. The summed E-state index contributed by atoms with van der Waals surface area (Å²) < 4.78 is 14.5. The summed E-state index contributed by atoms with van der Waals surface area (Å²) in [4.78, 5) is 22.0. The highest BCUT2D eigenvalue weighted by Crippen LogP contribution is 2.08. The van der Waals surface area contributed by atoms with E-state index in [4.69, 9.17) is 4.53 Å². The number of methoxy groups -OCH3 is 2. The molecule has 0 rings (SSSR count). The van der Waals surface area contributed by atoms with Gasteiger partial charge in [0.1, 0.15) is 0 Å². The number of carbonyl (C=O) groups is 2. The van der Waals surface area contributed by atoms with Gasteiger partial charge in [-0.1, -0.05) is 0 Å². The molecule has 0 N–H and O–H groups in total. The first-order chi connectivity index (χ1) is 8.28. The predicted octanol–water partition coefficient (Wildman–Crippen LogP) is 1.43. The van der Waals surface area contributed by atoms with Gasteiger partial charge >= 0.3 is 11.9 Å². The third-order valence-corrected chi connectivity index (χ3v) is 2.26. The number of esters is 2. The SMILES string of the molecule is COC(=O)/C=C\N(/C=C\C(=O)OC)O[Si](C)(C)C. The molecule has 0 atom stereocenters. The van der Waals surface area contributed by atoms with Crippen LogP contribution in [0.1, 0.15) is 0 Å². The van der Waals surface area contributed by atoms with Crippen molar-refractivity contribution in [1.82, 2.24) is 5.06 Å². The Morgan fingerprint density at radius 3 is 1.61 bits per heavy atom. The van der Waals surface area contributed by atoms with E-state index in [1.807, 2.05) is 19.6 Å². The van der Waals surface area contributed by atoms with E-state index >= 15 is 0 Å². The van der Waals surface area contributed by atoms with Crippen LogP contribution in [0.15, 0.2) is 24.6 Å². The van der Waals surface area contributed by atoms with E-state index in [2.05, 4.69) is 9.47 Å². The topological polar surface area (TPSA) is 65.1 Å². The molecule has 0 saturated carbocycles. The maximum absolute atomic E-state index is 11.0. The van der Waals surface area contributed by atoms with Gasteiger partial charge < -0.3 is 14.0 Å². The monoisotopic (exact) mass is 273 g/mol. The molecule has 0 bridgehead atoms. The standard InChI is InChI=1S/C11H19NO5Si/c1-15-10(13)6-8-12(17-18(3,4)5)9-7-11(14)16-2/h6-9H,1-5H3/b8-6-,9-7-. The number of ether oxygens (including phenoxy) is 2. The molecule has 0 radical (unpaired) electrons. The van der Waals surface area contributed by atoms with Gasteiger partial charge in [-0.2, -0.15) is 0 Å². The molecule has 6 nitrogen and oxygen atoms in total. The van der Waals surface area contributed by atoms with E-state index in [9.17, 15) is 9.59 Å². The van der Waals surface area contributed by atoms with Crippen molar-refractivity contribution in [1.29, 1.82) is 0 Å². The van der Waals surface area contributed by atoms with Crippen molar-refractivity contribution in [2.45, 2.75) is 19.6 Å². The van der Waals surface area contributed by atoms with Gasteiger partial charge in [0.2, 0.25) is 8.32 Å². The maximum atomic E-state index is 11.0. The third kappa shape index (κ3) is 8.54. The number of hydrogen-bond acceptors (Lipinski definition) is 6. The molecule has 0 heterocycles. The fourth-order valence-electron chi connectivity index (χ4n) is 0.831. The maximum Gasteiger partial charge on any atom is 0.332 e. The molecule has 0 aliphatic rings. The third-order valence-electron chi connectivity index (χ3n) is 1.50. The zero-order valence-corrected chi connectivity index (χ0v) is 12.3. The Morgan fingerprint density at radius 2 is 1.33 bits per heavy atom. The highest BCUT2D eigenvalue weighted by atomic mass is 28.4. The van der Waals surface area contributed by atoms with Gasteiger partial charge in [-0.05, 0) is 19.6 Å². The van der Waals surface area contributed by atoms with Gasteiger partial charge in [0.15, 0.2) is 0 Å². The van der Waals surface area contributed by atoms with Crippen molar-refractivity contribution in [2.75, 3.05) is 14.2 Å². The highest BCUT2D eigenvalue weighted by molar-refractivity contribution is 6.69. The van der Waals surface area contributed by atoms with Crippen LogP contribution in [0.3, 0.4) is 0 Å². The smallest absolute Gasteiger partial charge is 0.332 e. The summed E-state index contributed by atoms with van der Waals surface area (Å²) in [6.07, 6.45) is 5.15. The number of hydrogen-bond donors (Lipinski definition) is 0. The molecule has 0 aliphatic carbocycles. The van der Waals surface area contributed by atoms with Crippen LogP contribution in [-0.2, 0) is 23.6 Å². The molecule has 102 valence electrons. The highest BCUT2D eigenvalue weighted by Gasteiger charge is 2.17. The molecule has 0 aromatic carbocycles. The second kappa shape index (κ2) is 7.67. The molecule has 0 fully saturated rings. The average molecular weight is 273 g/mol. The van der Waals surface area contributed by atoms with Crippen molar-refractivity contribution in [3.05, 3.63) is 24.6 Å². The Kier molecular flexibility index (Phi) is 6.99. The minimum Gasteiger partial charge on any atom is -0.466 e. The molecule has 0 aromatic rings. The lowest BCUT2D eigenvalue weighted by atomic mass is 10.6. The van der Waals surface area contributed by atoms with Crippen LogP contribution >= 0.6 is 0 Å². The summed E-state index contributed by atoms with van der Waals surface area (Å²) in [5.41, 5.74) is 0. The van der Waals surface area contributed by atoms with Crippen LogP contribution in [0.5, 0.6) is 0 Å². The molecule has 0 aliphatic heterocycles. The van der Waals surface area contributed by atoms with E-state index in [-0.39, 0.29) is 0 Å². The van der Waals surface area contributed by atoms with E-state index < -0.39 is 20.3 Å². The Hall–Kier alpha value is -1.60. The van der Waals surface area contributed by atoms with Gasteiger partial charge in [0, 0.05) is 24.6 Å². The molecule has 0 aromatic heterocycles. The second-order valence-corrected chi connectivity index (χ2v) is 8.65. The molecule has 0 saturated heterocycles. The van der Waals surface area contributed by atoms with Crippen LogP contribution in [0, 0.1) is 0 Å². The first kappa shape index (κ1) is 16.4. The van der Waals surface area contributed by atoms with Gasteiger partial charge in [-0.25, -0.2) is 14.7 Å². The Bertz CT molecular complexity index is 320. The molecule has 0 unspecified atom stereocenters. The summed E-state index contributed by atoms with van der Waals surface area (Å²) in [5, 5.41) is 1.29. The van der Waals surface area contributed by atoms with E-state index in [0.29, 0.717) is 0 Å². The fraction of sp³-hybridized carbons (Fsp3) is 0.455. The van der Waals surface area contributed by atoms with E-state index in [1.165, 1.54) is 43.8 Å². The zero-order valence-electron chi connectivity index (χ0n) is 11.3. The lowest BCUT2D eigenvalue weighted by Gasteiger charge is -2.24. The van der Waals surface area contributed by atoms with Gasteiger partial charge in [-0.15, -0.1) is 0 Å². The van der Waals surface area contributed by atoms with Crippen molar-refractivity contribution in [3.63, 3.8) is 0 Å². The number of rotatable bonds is 6. The average Bonchev–Trinajstić information content (AvgIpc) is 2.29. The molecule has 0 spiro atoms. The normalized spacial score (nSPS) is 11.8. The van der Waals surface area contributed by atoms with Crippen molar-refractivity contribution < 1.29 is 23.6 Å². The van der Waals surface area contributed by atoms with Crippen LogP contribution < -0.4 is 0 Å². The predicted molar refractivity (Wildman–Crippen MR) is 68.6 cm³/mol. The summed E-state index contributed by atoms with van der Waals surface area (Å²) in [6.45, 7) is 5.91. The van der Waals surface area contributed by atoms with Crippen LogP contribution in [0.25, 0.3) is 0 Å². The summed E-state index contributed by atoms with van der Waals surface area (Å²) in [5.74, 6) is -1.02. The Morgan fingerprint density at radius 1 is 0.944 bits per heavy atom. The summed E-state index contributed by atoms with van der Waals surface area (Å²) in [7, 11) is 0.691. The molecule has 7 heteroatoms. The van der Waals surface area contributed by atoms with Gasteiger partial charge in [0.05, 0.1) is 14.2 Å². The van der Waals surface area contributed by atoms with Crippen LogP contribution in [0.4, 0.5) is 0 Å². The zero-order chi connectivity index (χ0) is 14.2. The van der Waals surface area contributed by atoms with Crippen molar-refractivity contribution in [2.24, 2.45) is 0 Å². The van der Waals surface area contributed by atoms with Crippen molar-refractivity contribution >= 4 is 20.3 Å². The molecule has 18 heavy (non-hydrogen) atoms. The van der Waals surface area contributed by atoms with Crippen molar-refractivity contribution in [3.8, 4) is 0 Å². The van der Waals surface area contributed by atoms with Crippen LogP contribution in [0.2, 0.25) is 19.6 Å². The second-order valence-electron chi connectivity index (χ2n) is 4.24. The fourth-order valence-corrected chi connectivity index (χ4v) is 1.59. The lowest BCUT2D eigenvalue weighted by Crippen LogP contribution is -2.32. The first-order valence-corrected chi connectivity index (χ1v) is 8.69. The summed E-state index contributed by atoms with van der Waals surface area (Å²) in [6, 6.07) is 0.